The topological polar surface area (TPSA) is 138 Å². The van der Waals surface area contributed by atoms with Gasteiger partial charge in [0, 0.05) is 11.1 Å². The van der Waals surface area contributed by atoms with Gasteiger partial charge in [0.2, 0.25) is 17.3 Å². The molecule has 2 aliphatic carbocycles. The fraction of sp³-hybridized carbons (Fsp3) is 0.0476. The summed E-state index contributed by atoms with van der Waals surface area (Å²) in [6.45, 7) is 0. The van der Waals surface area contributed by atoms with E-state index in [1.165, 1.54) is 36.4 Å². The molecule has 0 heterocycles. The monoisotopic (exact) mass is 392 g/mol. The zero-order valence-electron chi connectivity index (χ0n) is 14.8. The number of aliphatic hydroxyl groups is 1. The SMILES string of the molecule is COC1=C(C2=C(O)c3cccc(O)c3C(=O)C2=O)C(=O)c2cccc(O)c2C1=O. The van der Waals surface area contributed by atoms with Gasteiger partial charge in [0.25, 0.3) is 0 Å². The summed E-state index contributed by atoms with van der Waals surface area (Å²) < 4.78 is 5.04. The molecular weight excluding hydrogens is 380 g/mol. The number of aromatic hydroxyl groups is 2. The third kappa shape index (κ3) is 2.32. The second-order valence-electron chi connectivity index (χ2n) is 6.35. The Hall–Kier alpha value is -4.20. The predicted octanol–water partition coefficient (Wildman–Crippen LogP) is 2.11. The Balaban J connectivity index is 2.07. The molecule has 0 unspecified atom stereocenters. The van der Waals surface area contributed by atoms with Gasteiger partial charge >= 0.3 is 0 Å². The molecule has 3 N–H and O–H groups in total. The van der Waals surface area contributed by atoms with Crippen LogP contribution in [0.4, 0.5) is 0 Å². The highest BCUT2D eigenvalue weighted by Crippen LogP contribution is 2.41. The first-order valence-corrected chi connectivity index (χ1v) is 8.34. The average molecular weight is 392 g/mol. The first-order chi connectivity index (χ1) is 13.8. The number of ether oxygens (including phenoxy) is 1. The number of ketones is 4. The molecule has 0 aromatic heterocycles. The minimum Gasteiger partial charge on any atom is -0.507 e. The molecule has 0 fully saturated rings. The molecule has 0 amide bonds. The van der Waals surface area contributed by atoms with Crippen molar-refractivity contribution in [3.05, 3.63) is 75.6 Å². The Bertz CT molecular complexity index is 1230. The van der Waals surface area contributed by atoms with Gasteiger partial charge < -0.3 is 20.1 Å². The van der Waals surface area contributed by atoms with Crippen LogP contribution in [-0.2, 0) is 9.53 Å². The smallest absolute Gasteiger partial charge is 0.238 e. The number of Topliss-reactive ketones (excluding diaryl/α,β-unsaturated/α-hetero) is 4. The van der Waals surface area contributed by atoms with Crippen molar-refractivity contribution in [2.24, 2.45) is 0 Å². The van der Waals surface area contributed by atoms with Gasteiger partial charge in [-0.1, -0.05) is 24.3 Å². The third-order valence-electron chi connectivity index (χ3n) is 4.82. The number of hydrogen-bond donors (Lipinski definition) is 3. The molecule has 0 atom stereocenters. The molecule has 0 saturated carbocycles. The maximum Gasteiger partial charge on any atom is 0.238 e. The summed E-state index contributed by atoms with van der Waals surface area (Å²) in [6, 6.07) is 7.64. The highest BCUT2D eigenvalue weighted by molar-refractivity contribution is 6.55. The molecule has 8 nitrogen and oxygen atoms in total. The molecule has 0 aliphatic heterocycles. The Kier molecular flexibility index (Phi) is 3.86. The van der Waals surface area contributed by atoms with Gasteiger partial charge in [-0.15, -0.1) is 0 Å². The minimum atomic E-state index is -1.27. The number of hydrogen-bond acceptors (Lipinski definition) is 8. The number of aliphatic hydroxyl groups excluding tert-OH is 1. The van der Waals surface area contributed by atoms with Gasteiger partial charge in [0.1, 0.15) is 17.3 Å². The molecule has 8 heteroatoms. The molecule has 29 heavy (non-hydrogen) atoms. The summed E-state index contributed by atoms with van der Waals surface area (Å²) in [5, 5.41) is 30.6. The number of fused-ring (bicyclic) bond motifs is 2. The first-order valence-electron chi connectivity index (χ1n) is 8.34. The number of rotatable bonds is 2. The summed E-state index contributed by atoms with van der Waals surface area (Å²) in [5.41, 5.74) is -2.34. The van der Waals surface area contributed by atoms with Crippen LogP contribution in [0.15, 0.2) is 53.3 Å². The quantitative estimate of drug-likeness (QED) is 0.661. The van der Waals surface area contributed by atoms with Crippen LogP contribution in [0.3, 0.4) is 0 Å². The number of phenolic OH excluding ortho intramolecular Hbond substituents is 2. The van der Waals surface area contributed by atoms with Gasteiger partial charge in [-0.2, -0.15) is 0 Å². The molecule has 0 bridgehead atoms. The standard InChI is InChI=1S/C21H12O8/c1-29-21-15(17(25)9-5-3-7-11(23)13(9)20(21)28)14-16(24)8-4-2-6-10(22)12(8)18(26)19(14)27/h2-7,22-24H,1H3. The highest BCUT2D eigenvalue weighted by Gasteiger charge is 2.44. The van der Waals surface area contributed by atoms with Gasteiger partial charge in [0.15, 0.2) is 11.5 Å². The number of carbonyl (C=O) groups is 4. The summed E-state index contributed by atoms with van der Waals surface area (Å²) in [7, 11) is 1.08. The molecular formula is C21H12O8. The van der Waals surface area contributed by atoms with Crippen molar-refractivity contribution >= 4 is 28.9 Å². The molecule has 0 spiro atoms. The van der Waals surface area contributed by atoms with Crippen LogP contribution in [0, 0.1) is 0 Å². The van der Waals surface area contributed by atoms with E-state index in [2.05, 4.69) is 0 Å². The van der Waals surface area contributed by atoms with E-state index in [0.717, 1.165) is 7.11 Å². The van der Waals surface area contributed by atoms with E-state index in [9.17, 15) is 34.5 Å². The lowest BCUT2D eigenvalue weighted by Gasteiger charge is -2.24. The Morgan fingerprint density at radius 3 is 1.79 bits per heavy atom. The van der Waals surface area contributed by atoms with Crippen LogP contribution in [0.2, 0.25) is 0 Å². The van der Waals surface area contributed by atoms with Crippen molar-refractivity contribution in [3.63, 3.8) is 0 Å². The summed E-state index contributed by atoms with van der Waals surface area (Å²) in [5.74, 6) is -6.45. The average Bonchev–Trinajstić information content (AvgIpc) is 2.69. The fourth-order valence-electron chi connectivity index (χ4n) is 3.53. The minimum absolute atomic E-state index is 0.158. The van der Waals surface area contributed by atoms with Crippen LogP contribution in [0.25, 0.3) is 5.76 Å². The van der Waals surface area contributed by atoms with Crippen LogP contribution in [0.5, 0.6) is 11.5 Å². The third-order valence-corrected chi connectivity index (χ3v) is 4.82. The van der Waals surface area contributed by atoms with E-state index in [1.807, 2.05) is 0 Å². The lowest BCUT2D eigenvalue weighted by atomic mass is 9.78. The van der Waals surface area contributed by atoms with Gasteiger partial charge in [0.05, 0.1) is 29.4 Å². The lowest BCUT2D eigenvalue weighted by Crippen LogP contribution is -2.31. The van der Waals surface area contributed by atoms with Crippen LogP contribution < -0.4 is 0 Å². The first kappa shape index (κ1) is 18.2. The maximum absolute atomic E-state index is 13.1. The number of methoxy groups -OCH3 is 1. The Morgan fingerprint density at radius 2 is 1.21 bits per heavy atom. The summed E-state index contributed by atoms with van der Waals surface area (Å²) in [6.07, 6.45) is 0. The molecule has 2 aliphatic rings. The normalized spacial score (nSPS) is 16.2. The van der Waals surface area contributed by atoms with Crippen molar-refractivity contribution in [2.45, 2.75) is 0 Å². The molecule has 4 rings (SSSR count). The van der Waals surface area contributed by atoms with Gasteiger partial charge in [-0.3, -0.25) is 19.2 Å². The van der Waals surface area contributed by atoms with E-state index in [0.29, 0.717) is 0 Å². The van der Waals surface area contributed by atoms with Gasteiger partial charge in [-0.05, 0) is 12.1 Å². The summed E-state index contributed by atoms with van der Waals surface area (Å²) in [4.78, 5) is 51.3. The van der Waals surface area contributed by atoms with Crippen molar-refractivity contribution < 1.29 is 39.2 Å². The largest absolute Gasteiger partial charge is 0.507 e. The van der Waals surface area contributed by atoms with Crippen molar-refractivity contribution in [1.29, 1.82) is 0 Å². The van der Waals surface area contributed by atoms with Gasteiger partial charge in [-0.25, -0.2) is 0 Å². The van der Waals surface area contributed by atoms with E-state index in [-0.39, 0.29) is 16.7 Å². The van der Waals surface area contributed by atoms with Crippen LogP contribution in [-0.4, -0.2) is 45.6 Å². The van der Waals surface area contributed by atoms with Crippen LogP contribution >= 0.6 is 0 Å². The predicted molar refractivity (Wildman–Crippen MR) is 97.8 cm³/mol. The molecule has 0 radical (unpaired) electrons. The van der Waals surface area contributed by atoms with E-state index < -0.39 is 62.9 Å². The number of benzene rings is 2. The fourth-order valence-corrected chi connectivity index (χ4v) is 3.53. The lowest BCUT2D eigenvalue weighted by molar-refractivity contribution is -0.111. The highest BCUT2D eigenvalue weighted by atomic mass is 16.5. The maximum atomic E-state index is 13.1. The van der Waals surface area contributed by atoms with Crippen molar-refractivity contribution in [3.8, 4) is 11.5 Å². The second kappa shape index (κ2) is 6.16. The molecule has 2 aromatic carbocycles. The Labute approximate surface area is 163 Å². The number of phenols is 2. The van der Waals surface area contributed by atoms with E-state index >= 15 is 0 Å². The van der Waals surface area contributed by atoms with Crippen LogP contribution in [0.1, 0.15) is 36.6 Å². The zero-order chi connectivity index (χ0) is 21.0. The number of carbonyl (C=O) groups excluding carboxylic acids is 4. The number of allylic oxidation sites excluding steroid dienone is 3. The van der Waals surface area contributed by atoms with Crippen molar-refractivity contribution in [1.82, 2.24) is 0 Å². The summed E-state index contributed by atoms with van der Waals surface area (Å²) >= 11 is 0. The zero-order valence-corrected chi connectivity index (χ0v) is 14.8. The molecule has 0 saturated heterocycles. The van der Waals surface area contributed by atoms with E-state index in [1.54, 1.807) is 0 Å². The van der Waals surface area contributed by atoms with Crippen molar-refractivity contribution in [2.75, 3.05) is 7.11 Å². The van der Waals surface area contributed by atoms with E-state index in [4.69, 9.17) is 4.74 Å². The molecule has 144 valence electrons. The molecule has 2 aromatic rings. The second-order valence-corrected chi connectivity index (χ2v) is 6.35. The Morgan fingerprint density at radius 1 is 0.655 bits per heavy atom.